The van der Waals surface area contributed by atoms with Crippen LogP contribution in [0.3, 0.4) is 0 Å². The molecule has 0 aromatic rings. The number of rotatable bonds is 13. The van der Waals surface area contributed by atoms with Gasteiger partial charge in [0.1, 0.15) is 24.2 Å². The lowest BCUT2D eigenvalue weighted by Gasteiger charge is -2.23. The average Bonchev–Trinajstić information content (AvgIpc) is 2.65. The van der Waals surface area contributed by atoms with Crippen LogP contribution in [0.2, 0.25) is 0 Å². The number of hydrogen-bond acceptors (Lipinski definition) is 9. The molecule has 0 spiro atoms. The molecule has 0 saturated carbocycles. The number of hydrogen-bond donors (Lipinski definition) is 8. The number of amides is 3. The molecule has 27 heavy (non-hydrogen) atoms. The molecule has 0 aromatic heterocycles. The summed E-state index contributed by atoms with van der Waals surface area (Å²) in [6, 6.07) is -5.41. The molecule has 9 N–H and O–H groups in total. The molecule has 0 saturated heterocycles. The van der Waals surface area contributed by atoms with Crippen molar-refractivity contribution in [1.82, 2.24) is 16.0 Å². The van der Waals surface area contributed by atoms with E-state index in [0.29, 0.717) is 5.75 Å². The SMILES string of the molecule is CSCCC(NC(=O)C(CO)NC(=O)C(N)CO)C(=O)NC(CO)C(=O)O. The van der Waals surface area contributed by atoms with Crippen LogP contribution in [-0.2, 0) is 19.2 Å². The Bertz CT molecular complexity index is 521. The number of carboxylic acid groups (broad SMARTS) is 1. The van der Waals surface area contributed by atoms with Gasteiger partial charge in [0, 0.05) is 0 Å². The van der Waals surface area contributed by atoms with Crippen molar-refractivity contribution in [3.63, 3.8) is 0 Å². The molecule has 0 fully saturated rings. The molecule has 0 rings (SSSR count). The maximum Gasteiger partial charge on any atom is 0.328 e. The standard InChI is InChI=1S/C14H26N4O8S/c1-27-3-2-8(12(23)18-10(6-21)14(25)26)16-13(24)9(5-20)17-11(22)7(15)4-19/h7-10,19-21H,2-6,15H2,1H3,(H,16,24)(H,17,22)(H,18,23)(H,25,26). The highest BCUT2D eigenvalue weighted by Crippen LogP contribution is 2.03. The van der Waals surface area contributed by atoms with Crippen molar-refractivity contribution in [3.05, 3.63) is 0 Å². The van der Waals surface area contributed by atoms with Gasteiger partial charge in [-0.25, -0.2) is 4.79 Å². The van der Waals surface area contributed by atoms with Crippen molar-refractivity contribution < 1.29 is 39.6 Å². The number of aliphatic carboxylic acids is 1. The lowest BCUT2D eigenvalue weighted by molar-refractivity contribution is -0.143. The Kier molecular flexibility index (Phi) is 12.3. The van der Waals surface area contributed by atoms with Crippen molar-refractivity contribution in [2.75, 3.05) is 31.8 Å². The topological polar surface area (TPSA) is 211 Å². The Morgan fingerprint density at radius 1 is 0.852 bits per heavy atom. The van der Waals surface area contributed by atoms with Crippen LogP contribution in [0.1, 0.15) is 6.42 Å². The van der Waals surface area contributed by atoms with Gasteiger partial charge in [0.2, 0.25) is 17.7 Å². The van der Waals surface area contributed by atoms with Gasteiger partial charge in [-0.2, -0.15) is 11.8 Å². The third-order valence-corrected chi connectivity index (χ3v) is 4.03. The predicted molar refractivity (Wildman–Crippen MR) is 95.7 cm³/mol. The van der Waals surface area contributed by atoms with Crippen LogP contribution in [0.25, 0.3) is 0 Å². The molecule has 4 atom stereocenters. The summed E-state index contributed by atoms with van der Waals surface area (Å²) in [4.78, 5) is 47.0. The van der Waals surface area contributed by atoms with Gasteiger partial charge >= 0.3 is 5.97 Å². The molecule has 4 unspecified atom stereocenters. The molecule has 3 amide bonds. The van der Waals surface area contributed by atoms with E-state index in [1.165, 1.54) is 11.8 Å². The Morgan fingerprint density at radius 2 is 1.33 bits per heavy atom. The molecule has 156 valence electrons. The van der Waals surface area contributed by atoms with Crippen molar-refractivity contribution >= 4 is 35.5 Å². The highest BCUT2D eigenvalue weighted by atomic mass is 32.2. The van der Waals surface area contributed by atoms with E-state index in [-0.39, 0.29) is 6.42 Å². The van der Waals surface area contributed by atoms with Crippen LogP contribution in [0.15, 0.2) is 0 Å². The number of nitrogens with one attached hydrogen (secondary N) is 3. The van der Waals surface area contributed by atoms with Gasteiger partial charge in [-0.1, -0.05) is 0 Å². The summed E-state index contributed by atoms with van der Waals surface area (Å²) in [6.45, 7) is -2.29. The van der Waals surface area contributed by atoms with E-state index >= 15 is 0 Å². The van der Waals surface area contributed by atoms with E-state index in [2.05, 4.69) is 16.0 Å². The van der Waals surface area contributed by atoms with Gasteiger partial charge in [0.05, 0.1) is 19.8 Å². The minimum absolute atomic E-state index is 0.138. The molecule has 0 aliphatic heterocycles. The molecule has 0 radical (unpaired) electrons. The van der Waals surface area contributed by atoms with Crippen LogP contribution in [0.4, 0.5) is 0 Å². The van der Waals surface area contributed by atoms with Crippen molar-refractivity contribution in [1.29, 1.82) is 0 Å². The minimum atomic E-state index is -1.54. The lowest BCUT2D eigenvalue weighted by atomic mass is 10.1. The van der Waals surface area contributed by atoms with Gasteiger partial charge in [0.15, 0.2) is 0 Å². The number of carboxylic acids is 1. The molecule has 0 aliphatic rings. The van der Waals surface area contributed by atoms with Crippen molar-refractivity contribution in [2.24, 2.45) is 5.73 Å². The minimum Gasteiger partial charge on any atom is -0.480 e. The second kappa shape index (κ2) is 13.3. The fourth-order valence-electron chi connectivity index (χ4n) is 1.79. The Labute approximate surface area is 159 Å². The molecule has 13 heteroatoms. The Hall–Kier alpha value is -1.93. The summed E-state index contributed by atoms with van der Waals surface area (Å²) in [7, 11) is 0. The zero-order valence-corrected chi connectivity index (χ0v) is 15.6. The highest BCUT2D eigenvalue weighted by Gasteiger charge is 2.29. The number of thioether (sulfide) groups is 1. The molecule has 0 aromatic carbocycles. The van der Waals surface area contributed by atoms with E-state index in [4.69, 9.17) is 21.1 Å². The third kappa shape index (κ3) is 9.01. The van der Waals surface area contributed by atoms with E-state index < -0.39 is 67.7 Å². The molecular weight excluding hydrogens is 384 g/mol. The summed E-state index contributed by atoms with van der Waals surface area (Å²) < 4.78 is 0. The number of aliphatic hydroxyl groups is 3. The maximum atomic E-state index is 12.2. The van der Waals surface area contributed by atoms with E-state index in [9.17, 15) is 24.3 Å². The second-order valence-corrected chi connectivity index (χ2v) is 6.44. The number of carbonyl (C=O) groups is 4. The zero-order valence-electron chi connectivity index (χ0n) is 14.8. The van der Waals surface area contributed by atoms with E-state index in [1.807, 2.05) is 0 Å². The van der Waals surface area contributed by atoms with Gasteiger partial charge in [-0.3, -0.25) is 14.4 Å². The predicted octanol–water partition coefficient (Wildman–Crippen LogP) is -4.42. The second-order valence-electron chi connectivity index (χ2n) is 5.46. The van der Waals surface area contributed by atoms with Crippen LogP contribution in [0, 0.1) is 0 Å². The first-order valence-electron chi connectivity index (χ1n) is 7.92. The van der Waals surface area contributed by atoms with Crippen LogP contribution in [-0.4, -0.2) is 100 Å². The van der Waals surface area contributed by atoms with E-state index in [0.717, 1.165) is 0 Å². The first-order chi connectivity index (χ1) is 12.7. The molecule has 12 nitrogen and oxygen atoms in total. The van der Waals surface area contributed by atoms with E-state index in [1.54, 1.807) is 6.26 Å². The van der Waals surface area contributed by atoms with Gasteiger partial charge in [-0.05, 0) is 18.4 Å². The fourth-order valence-corrected chi connectivity index (χ4v) is 2.26. The van der Waals surface area contributed by atoms with Crippen LogP contribution < -0.4 is 21.7 Å². The normalized spacial score (nSPS) is 15.1. The summed E-state index contributed by atoms with van der Waals surface area (Å²) in [5, 5.41) is 42.5. The van der Waals surface area contributed by atoms with Gasteiger partial charge in [-0.15, -0.1) is 0 Å². The first kappa shape index (κ1) is 25.1. The summed E-state index contributed by atoms with van der Waals surface area (Å²) >= 11 is 1.38. The zero-order chi connectivity index (χ0) is 21.0. The molecule has 0 heterocycles. The van der Waals surface area contributed by atoms with Crippen molar-refractivity contribution in [2.45, 2.75) is 30.6 Å². The lowest BCUT2D eigenvalue weighted by Crippen LogP contribution is -2.58. The van der Waals surface area contributed by atoms with Crippen molar-refractivity contribution in [3.8, 4) is 0 Å². The van der Waals surface area contributed by atoms with Gasteiger partial charge in [0.25, 0.3) is 0 Å². The van der Waals surface area contributed by atoms with Crippen LogP contribution in [0.5, 0.6) is 0 Å². The average molecular weight is 410 g/mol. The summed E-state index contributed by atoms with van der Waals surface area (Å²) in [6.07, 6.45) is 1.90. The molecule has 0 bridgehead atoms. The third-order valence-electron chi connectivity index (χ3n) is 3.39. The summed E-state index contributed by atoms with van der Waals surface area (Å²) in [5.74, 6) is -3.61. The Balaban J connectivity index is 5.07. The number of nitrogens with two attached hydrogens (primary N) is 1. The largest absolute Gasteiger partial charge is 0.480 e. The summed E-state index contributed by atoms with van der Waals surface area (Å²) in [5.41, 5.74) is 5.31. The van der Waals surface area contributed by atoms with Crippen LogP contribution >= 0.6 is 11.8 Å². The number of aliphatic hydroxyl groups excluding tert-OH is 3. The smallest absolute Gasteiger partial charge is 0.328 e. The maximum absolute atomic E-state index is 12.2. The first-order valence-corrected chi connectivity index (χ1v) is 9.32. The molecule has 0 aliphatic carbocycles. The monoisotopic (exact) mass is 410 g/mol. The fraction of sp³-hybridized carbons (Fsp3) is 0.714. The highest BCUT2D eigenvalue weighted by molar-refractivity contribution is 7.98. The van der Waals surface area contributed by atoms with Gasteiger partial charge < -0.3 is 42.1 Å². The Morgan fingerprint density at radius 3 is 1.78 bits per heavy atom. The number of carbonyl (C=O) groups excluding carboxylic acids is 3. The quantitative estimate of drug-likeness (QED) is 0.146. The molecular formula is C14H26N4O8S.